The van der Waals surface area contributed by atoms with Gasteiger partial charge in [-0.25, -0.2) is 22.8 Å². The molecule has 0 saturated carbocycles. The van der Waals surface area contributed by atoms with E-state index in [-0.39, 0.29) is 4.90 Å². The van der Waals surface area contributed by atoms with Crippen molar-refractivity contribution in [3.8, 4) is 11.3 Å². The fourth-order valence-electron chi connectivity index (χ4n) is 2.65. The van der Waals surface area contributed by atoms with Gasteiger partial charge in [0.2, 0.25) is 15.9 Å². The Kier molecular flexibility index (Phi) is 6.00. The molecule has 2 aromatic carbocycles. The quantitative estimate of drug-likeness (QED) is 0.670. The Balaban J connectivity index is 1.70. The molecule has 3 aromatic rings. The molecular formula is C20H19FN4O3S. The van der Waals surface area contributed by atoms with Crippen LogP contribution in [0.2, 0.25) is 0 Å². The molecular weight excluding hydrogens is 395 g/mol. The van der Waals surface area contributed by atoms with Gasteiger partial charge in [0.25, 0.3) is 0 Å². The second-order valence-electron chi connectivity index (χ2n) is 6.33. The van der Waals surface area contributed by atoms with Gasteiger partial charge in [-0.15, -0.1) is 0 Å². The number of sulfonamides is 1. The molecule has 1 N–H and O–H groups in total. The van der Waals surface area contributed by atoms with Gasteiger partial charge in [0.1, 0.15) is 11.6 Å². The number of rotatable bonds is 6. The van der Waals surface area contributed by atoms with Gasteiger partial charge in [-0.3, -0.25) is 4.79 Å². The second kappa shape index (κ2) is 8.46. The van der Waals surface area contributed by atoms with E-state index in [1.165, 1.54) is 7.05 Å². The summed E-state index contributed by atoms with van der Waals surface area (Å²) in [7, 11) is -2.62. The van der Waals surface area contributed by atoms with Gasteiger partial charge in [0.15, 0.2) is 0 Å². The minimum Gasteiger partial charge on any atom is -0.325 e. The maximum atomic E-state index is 13.0. The molecule has 0 aliphatic heterocycles. The number of benzene rings is 2. The SMILES string of the molecule is Cc1nccc(-c2cccc(NC(=O)CN(C)S(=O)(=O)c3ccc(F)cc3)c2)n1. The van der Waals surface area contributed by atoms with Gasteiger partial charge >= 0.3 is 0 Å². The van der Waals surface area contributed by atoms with Crippen LogP contribution in [0.5, 0.6) is 0 Å². The molecule has 0 saturated heterocycles. The number of carbonyl (C=O) groups is 1. The molecule has 29 heavy (non-hydrogen) atoms. The number of aromatic nitrogens is 2. The first kappa shape index (κ1) is 20.6. The average Bonchev–Trinajstić information content (AvgIpc) is 2.68. The van der Waals surface area contributed by atoms with Crippen molar-refractivity contribution in [2.75, 3.05) is 18.9 Å². The molecule has 0 aliphatic rings. The zero-order valence-electron chi connectivity index (χ0n) is 15.8. The lowest BCUT2D eigenvalue weighted by atomic mass is 10.1. The van der Waals surface area contributed by atoms with Crippen LogP contribution >= 0.6 is 0 Å². The van der Waals surface area contributed by atoms with Crippen molar-refractivity contribution in [1.82, 2.24) is 14.3 Å². The molecule has 0 bridgehead atoms. The van der Waals surface area contributed by atoms with Gasteiger partial charge in [0, 0.05) is 24.5 Å². The first-order valence-corrected chi connectivity index (χ1v) is 10.1. The van der Waals surface area contributed by atoms with E-state index in [9.17, 15) is 17.6 Å². The summed E-state index contributed by atoms with van der Waals surface area (Å²) in [4.78, 5) is 20.7. The Morgan fingerprint density at radius 2 is 1.86 bits per heavy atom. The Hall–Kier alpha value is -3.17. The molecule has 0 aliphatic carbocycles. The topological polar surface area (TPSA) is 92.3 Å². The lowest BCUT2D eigenvalue weighted by molar-refractivity contribution is -0.116. The molecule has 9 heteroatoms. The van der Waals surface area contributed by atoms with Crippen molar-refractivity contribution in [3.05, 3.63) is 72.4 Å². The predicted molar refractivity (Wildman–Crippen MR) is 107 cm³/mol. The van der Waals surface area contributed by atoms with Crippen LogP contribution in [0, 0.1) is 12.7 Å². The minimum atomic E-state index is -3.91. The number of carbonyl (C=O) groups excluding carboxylic acids is 1. The van der Waals surface area contributed by atoms with Crippen molar-refractivity contribution < 1.29 is 17.6 Å². The monoisotopic (exact) mass is 414 g/mol. The zero-order chi connectivity index (χ0) is 21.0. The standard InChI is InChI=1S/C20H19FN4O3S/c1-14-22-11-10-19(23-14)15-4-3-5-17(12-15)24-20(26)13-25(2)29(27,28)18-8-6-16(21)7-9-18/h3-12H,13H2,1-2H3,(H,24,26). The summed E-state index contributed by atoms with van der Waals surface area (Å²) in [5, 5.41) is 2.68. The largest absolute Gasteiger partial charge is 0.325 e. The lowest BCUT2D eigenvalue weighted by Crippen LogP contribution is -2.34. The van der Waals surface area contributed by atoms with Crippen molar-refractivity contribution in [1.29, 1.82) is 0 Å². The third-order valence-electron chi connectivity index (χ3n) is 4.11. The smallest absolute Gasteiger partial charge is 0.243 e. The van der Waals surface area contributed by atoms with E-state index in [1.54, 1.807) is 37.4 Å². The fourth-order valence-corrected chi connectivity index (χ4v) is 3.77. The van der Waals surface area contributed by atoms with Crippen molar-refractivity contribution in [2.24, 2.45) is 0 Å². The van der Waals surface area contributed by atoms with Crippen LogP contribution < -0.4 is 5.32 Å². The van der Waals surface area contributed by atoms with Crippen molar-refractivity contribution >= 4 is 21.6 Å². The number of nitrogens with zero attached hydrogens (tertiary/aromatic N) is 3. The molecule has 0 unspecified atom stereocenters. The number of amides is 1. The van der Waals surface area contributed by atoms with Gasteiger partial charge in [-0.2, -0.15) is 4.31 Å². The average molecular weight is 414 g/mol. The van der Waals surface area contributed by atoms with Crippen LogP contribution in [0.3, 0.4) is 0 Å². The Bertz CT molecular complexity index is 1130. The van der Waals surface area contributed by atoms with Gasteiger partial charge in [-0.05, 0) is 49.4 Å². The number of halogens is 1. The highest BCUT2D eigenvalue weighted by Crippen LogP contribution is 2.21. The van der Waals surface area contributed by atoms with Gasteiger partial charge in [0.05, 0.1) is 17.1 Å². The summed E-state index contributed by atoms with van der Waals surface area (Å²) in [5.74, 6) is -0.415. The number of aryl methyl sites for hydroxylation is 1. The van der Waals surface area contributed by atoms with Crippen LogP contribution in [0.1, 0.15) is 5.82 Å². The van der Waals surface area contributed by atoms with E-state index in [2.05, 4.69) is 15.3 Å². The molecule has 3 rings (SSSR count). The predicted octanol–water partition coefficient (Wildman–Crippen LogP) is 2.85. The molecule has 1 aromatic heterocycles. The van der Waals surface area contributed by atoms with E-state index in [4.69, 9.17) is 0 Å². The molecule has 1 heterocycles. The summed E-state index contributed by atoms with van der Waals surface area (Å²) in [5.41, 5.74) is 2.02. The first-order chi connectivity index (χ1) is 13.8. The van der Waals surface area contributed by atoms with E-state index >= 15 is 0 Å². The third kappa shape index (κ3) is 5.01. The minimum absolute atomic E-state index is 0.0877. The van der Waals surface area contributed by atoms with Crippen molar-refractivity contribution in [2.45, 2.75) is 11.8 Å². The number of hydrogen-bond acceptors (Lipinski definition) is 5. The van der Waals surface area contributed by atoms with Crippen LogP contribution in [0.25, 0.3) is 11.3 Å². The highest BCUT2D eigenvalue weighted by Gasteiger charge is 2.23. The number of anilines is 1. The third-order valence-corrected chi connectivity index (χ3v) is 5.92. The van der Waals surface area contributed by atoms with E-state index in [1.807, 2.05) is 6.07 Å². The summed E-state index contributed by atoms with van der Waals surface area (Å²) in [6.07, 6.45) is 1.65. The second-order valence-corrected chi connectivity index (χ2v) is 8.38. The highest BCUT2D eigenvalue weighted by atomic mass is 32.2. The molecule has 0 atom stereocenters. The van der Waals surface area contributed by atoms with Crippen LogP contribution in [-0.2, 0) is 14.8 Å². The maximum absolute atomic E-state index is 13.0. The Morgan fingerprint density at radius 3 is 2.55 bits per heavy atom. The van der Waals surface area contributed by atoms with E-state index in [0.29, 0.717) is 17.2 Å². The fraction of sp³-hybridized carbons (Fsp3) is 0.150. The maximum Gasteiger partial charge on any atom is 0.243 e. The summed E-state index contributed by atoms with van der Waals surface area (Å²) in [6.45, 7) is 1.39. The molecule has 0 radical (unpaired) electrons. The van der Waals surface area contributed by atoms with Crippen molar-refractivity contribution in [3.63, 3.8) is 0 Å². The van der Waals surface area contributed by atoms with E-state index < -0.39 is 28.3 Å². The molecule has 1 amide bonds. The Labute approximate surface area is 168 Å². The molecule has 150 valence electrons. The Morgan fingerprint density at radius 1 is 1.14 bits per heavy atom. The van der Waals surface area contributed by atoms with E-state index in [0.717, 1.165) is 34.1 Å². The van der Waals surface area contributed by atoms with Crippen LogP contribution in [-0.4, -0.2) is 42.2 Å². The zero-order valence-corrected chi connectivity index (χ0v) is 16.6. The van der Waals surface area contributed by atoms with Crippen LogP contribution in [0.15, 0.2) is 65.7 Å². The lowest BCUT2D eigenvalue weighted by Gasteiger charge is -2.17. The summed E-state index contributed by atoms with van der Waals surface area (Å²) in [6, 6.07) is 13.2. The summed E-state index contributed by atoms with van der Waals surface area (Å²) >= 11 is 0. The normalized spacial score (nSPS) is 11.4. The highest BCUT2D eigenvalue weighted by molar-refractivity contribution is 7.89. The number of likely N-dealkylation sites (N-methyl/N-ethyl adjacent to an activating group) is 1. The number of nitrogens with one attached hydrogen (secondary N) is 1. The van der Waals surface area contributed by atoms with Crippen LogP contribution in [0.4, 0.5) is 10.1 Å². The van der Waals surface area contributed by atoms with Gasteiger partial charge < -0.3 is 5.32 Å². The van der Waals surface area contributed by atoms with Gasteiger partial charge in [-0.1, -0.05) is 12.1 Å². The first-order valence-electron chi connectivity index (χ1n) is 8.67. The molecule has 0 fully saturated rings. The molecule has 0 spiro atoms. The summed E-state index contributed by atoms with van der Waals surface area (Å²) < 4.78 is 39.0. The number of hydrogen-bond donors (Lipinski definition) is 1. The molecule has 7 nitrogen and oxygen atoms in total.